The minimum Gasteiger partial charge on any atom is -0.550 e. The molecule has 0 spiro atoms. The minimum atomic E-state index is -1.08. The molecule has 0 amide bonds. The molecule has 74 heavy (non-hydrogen) atoms. The van der Waals surface area contributed by atoms with Crippen molar-refractivity contribution in [2.45, 2.75) is 27.7 Å². The van der Waals surface area contributed by atoms with Crippen molar-refractivity contribution in [1.29, 1.82) is 0 Å². The van der Waals surface area contributed by atoms with Crippen molar-refractivity contribution in [3.05, 3.63) is 147 Å². The van der Waals surface area contributed by atoms with Crippen molar-refractivity contribution < 1.29 is 109 Å². The number of carbonyl (C=O) groups excluding carboxylic acids is 4. The molecule has 6 aromatic heterocycles. The topological polar surface area (TPSA) is 369 Å². The number of carbonyl (C=O) groups is 4. The Morgan fingerprint density at radius 1 is 0.284 bits per heavy atom. The van der Waals surface area contributed by atoms with Crippen LogP contribution in [-0.4, -0.2) is 63.7 Å². The smallest absolute Gasteiger partial charge is 0.550 e. The second-order valence-corrected chi connectivity index (χ2v) is 13.4. The van der Waals surface area contributed by atoms with Crippen molar-refractivity contribution in [1.82, 2.24) is 39.9 Å². The molecule has 386 valence electrons. The van der Waals surface area contributed by atoms with Crippen molar-refractivity contribution in [2.24, 2.45) is 0 Å². The molecule has 6 heterocycles. The van der Waals surface area contributed by atoms with E-state index in [-0.39, 0.29) is 79.8 Å². The quantitative estimate of drug-likeness (QED) is 0.177. The predicted molar refractivity (Wildman–Crippen MR) is 244 cm³/mol. The first-order chi connectivity index (χ1) is 34.6. The van der Waals surface area contributed by atoms with Gasteiger partial charge in [0.1, 0.15) is 0 Å². The molecular weight excluding hydrogens is 1070 g/mol. The Morgan fingerprint density at radius 3 is 0.500 bits per heavy atom. The number of carboxylic acids is 4. The van der Waals surface area contributed by atoms with Gasteiger partial charge >= 0.3 is 34.1 Å². The summed E-state index contributed by atoms with van der Waals surface area (Å²) in [5.41, 5.74) is 5.58. The molecule has 2 radical (unpaired) electrons. The second kappa shape index (κ2) is 30.3. The van der Waals surface area contributed by atoms with E-state index in [9.17, 15) is 0 Å². The first-order valence-corrected chi connectivity index (χ1v) is 20.4. The van der Waals surface area contributed by atoms with E-state index in [1.807, 2.05) is 48.5 Å². The van der Waals surface area contributed by atoms with E-state index >= 15 is 0 Å². The van der Waals surface area contributed by atoms with Crippen molar-refractivity contribution in [3.8, 4) is 0 Å². The van der Waals surface area contributed by atoms with Crippen LogP contribution in [-0.2, 0) is 53.3 Å². The molecule has 26 heteroatoms. The van der Waals surface area contributed by atoms with E-state index < -0.39 is 23.9 Å². The summed E-state index contributed by atoms with van der Waals surface area (Å²) in [6, 6.07) is 28.6. The molecule has 10 aromatic rings. The van der Waals surface area contributed by atoms with Crippen LogP contribution in [0, 0.1) is 0 Å². The Balaban J connectivity index is 0.000000297. The van der Waals surface area contributed by atoms with E-state index in [2.05, 4.69) is 39.9 Å². The van der Waals surface area contributed by atoms with Crippen LogP contribution in [0.4, 0.5) is 0 Å². The summed E-state index contributed by atoms with van der Waals surface area (Å²) in [5.74, 6) is -4.33. The number of rotatable bonds is 0. The van der Waals surface area contributed by atoms with Crippen LogP contribution >= 0.6 is 0 Å². The number of aromatic nitrogens is 8. The fraction of sp³-hybridized carbons (Fsp3) is 0.0833. The molecule has 0 atom stereocenters. The molecule has 0 aliphatic carbocycles. The van der Waals surface area contributed by atoms with Crippen LogP contribution in [0.5, 0.6) is 0 Å². The average molecular weight is 1110 g/mol. The number of hydrogen-bond donors (Lipinski definition) is 0. The largest absolute Gasteiger partial charge is 2.00 e. The van der Waals surface area contributed by atoms with Crippen LogP contribution in [0.15, 0.2) is 182 Å². The Morgan fingerprint density at radius 2 is 0.392 bits per heavy atom. The Bertz CT molecular complexity index is 3090. The van der Waals surface area contributed by atoms with Crippen molar-refractivity contribution >= 4 is 114 Å². The molecule has 10 rings (SSSR count). The maximum atomic E-state index is 8.89. The molecule has 0 fully saturated rings. The van der Waals surface area contributed by atoms with Gasteiger partial charge in [0.25, 0.3) is 0 Å². The molecule has 0 N–H and O–H groups in total. The van der Waals surface area contributed by atoms with Gasteiger partial charge in [-0.2, -0.15) is 19.9 Å². The maximum Gasteiger partial charge on any atom is 2.00 e. The fourth-order valence-electron chi connectivity index (χ4n) is 5.09. The first-order valence-electron chi connectivity index (χ1n) is 20.4. The zero-order valence-electron chi connectivity index (χ0n) is 38.6. The molecule has 0 aliphatic heterocycles. The van der Waals surface area contributed by atoms with Crippen LogP contribution in [0.3, 0.4) is 0 Å². The van der Waals surface area contributed by atoms with Gasteiger partial charge in [-0.25, -0.2) is 0 Å². The molecular formula is C48H36Cu2N8O16. The molecule has 8 bridgehead atoms. The Kier molecular flexibility index (Phi) is 24.1. The van der Waals surface area contributed by atoms with Gasteiger partial charge in [-0.05, 0) is 76.2 Å². The van der Waals surface area contributed by atoms with Crippen LogP contribution in [0.1, 0.15) is 27.7 Å². The molecule has 0 saturated heterocycles. The Hall–Kier alpha value is -9.48. The maximum absolute atomic E-state index is 8.89. The SMILES string of the molecule is CC(=O)[O-].CC(=O)[O-].CC(=O)[O-].CC(=O)[O-].[Cu+2].[Cu+2].c1ccc2oc3cncc(n3)oc3ccccc3oc3cncc(n3)oc2c1.c1ccc2oc3cncc(n3)oc3ccccc3oc3cncc(n3)oc2c1. The zero-order valence-corrected chi connectivity index (χ0v) is 40.5. The third kappa shape index (κ3) is 20.9. The third-order valence-corrected chi connectivity index (χ3v) is 7.47. The number of benzene rings is 4. The van der Waals surface area contributed by atoms with E-state index in [0.717, 1.165) is 27.7 Å². The average Bonchev–Trinajstić information content (AvgIpc) is 3.31. The van der Waals surface area contributed by atoms with E-state index in [1.54, 1.807) is 48.5 Å². The first kappa shape index (κ1) is 58.8. The summed E-state index contributed by atoms with van der Waals surface area (Å²) in [7, 11) is 0. The van der Waals surface area contributed by atoms with Crippen LogP contribution in [0.25, 0.3) is 90.4 Å². The fourth-order valence-corrected chi connectivity index (χ4v) is 5.09. The number of aliphatic carboxylic acids is 4. The van der Waals surface area contributed by atoms with Crippen LogP contribution in [0.2, 0.25) is 0 Å². The van der Waals surface area contributed by atoms with Gasteiger partial charge in [0.2, 0.25) is 45.7 Å². The number of para-hydroxylation sites is 8. The predicted octanol–water partition coefficient (Wildman–Crippen LogP) is 5.14. The van der Waals surface area contributed by atoms with Gasteiger partial charge in [0.05, 0.1) is 49.6 Å². The van der Waals surface area contributed by atoms with Gasteiger partial charge in [-0.1, -0.05) is 48.5 Å². The van der Waals surface area contributed by atoms with Crippen molar-refractivity contribution in [3.63, 3.8) is 0 Å². The van der Waals surface area contributed by atoms with Gasteiger partial charge in [0, 0.05) is 23.9 Å². The van der Waals surface area contributed by atoms with Gasteiger partial charge < -0.3 is 74.9 Å². The van der Waals surface area contributed by atoms with Gasteiger partial charge in [-0.3, -0.25) is 19.9 Å². The molecule has 0 saturated carbocycles. The van der Waals surface area contributed by atoms with Crippen molar-refractivity contribution in [2.75, 3.05) is 0 Å². The van der Waals surface area contributed by atoms with E-state index in [4.69, 9.17) is 74.9 Å². The van der Waals surface area contributed by atoms with E-state index in [0.29, 0.717) is 44.7 Å². The summed E-state index contributed by atoms with van der Waals surface area (Å²) in [6.45, 7) is 3.89. The molecule has 0 unspecified atom stereocenters. The number of fused-ring (bicyclic) bond motifs is 12. The summed E-state index contributed by atoms with van der Waals surface area (Å²) in [6.07, 6.45) is 11.9. The summed E-state index contributed by atoms with van der Waals surface area (Å²) in [4.78, 5) is 69.4. The number of carboxylic acid groups (broad SMARTS) is 4. The van der Waals surface area contributed by atoms with Crippen LogP contribution < -0.4 is 20.4 Å². The standard InChI is InChI=1S/2C20H12N4O4.4C2H4O2.2Cu/c2*1-2-6-14-13(5-1)25-17-9-21-11-19(23-17)27-15-7-3-4-8-16(15)28-20-12-22-10-18(24-20)26-14;4*1-2(3)4;;/h2*1-12H;4*1H3,(H,3,4);;/q;;;;;;2*+2/p-4. The molecule has 24 nitrogen and oxygen atoms in total. The molecule has 0 aliphatic rings. The molecule has 4 aromatic carbocycles. The second-order valence-electron chi connectivity index (χ2n) is 13.4. The summed E-state index contributed by atoms with van der Waals surface area (Å²) in [5, 5.41) is 35.6. The summed E-state index contributed by atoms with van der Waals surface area (Å²) >= 11 is 0. The number of hydrogen-bond acceptors (Lipinski definition) is 24. The van der Waals surface area contributed by atoms with Gasteiger partial charge in [-0.15, -0.1) is 0 Å². The Labute approximate surface area is 435 Å². The monoisotopic (exact) mass is 1110 g/mol. The third-order valence-electron chi connectivity index (χ3n) is 7.47. The van der Waals surface area contributed by atoms with E-state index in [1.165, 1.54) is 49.6 Å². The minimum absolute atomic E-state index is 0. The number of nitrogens with zero attached hydrogens (tertiary/aromatic N) is 8. The van der Waals surface area contributed by atoms with Gasteiger partial charge in [0.15, 0.2) is 44.7 Å². The normalized spacial score (nSPS) is 9.57. The summed E-state index contributed by atoms with van der Waals surface area (Å²) < 4.78 is 46.8. The zero-order chi connectivity index (χ0) is 51.8.